The molecule has 0 aromatic heterocycles. The van der Waals surface area contributed by atoms with Crippen LogP contribution in [0.4, 0.5) is 5.69 Å². The first-order chi connectivity index (χ1) is 15.0. The Bertz CT molecular complexity index is 1090. The van der Waals surface area contributed by atoms with Crippen LogP contribution in [0.5, 0.6) is 5.75 Å². The van der Waals surface area contributed by atoms with Gasteiger partial charge in [-0.2, -0.15) is 5.10 Å². The number of amides is 2. The van der Waals surface area contributed by atoms with E-state index < -0.39 is 11.8 Å². The van der Waals surface area contributed by atoms with E-state index in [1.165, 1.54) is 6.21 Å². The summed E-state index contributed by atoms with van der Waals surface area (Å²) in [5.74, 6) is -0.259. The third kappa shape index (κ3) is 7.24. The third-order valence-corrected chi connectivity index (χ3v) is 5.16. The highest BCUT2D eigenvalue weighted by molar-refractivity contribution is 9.10. The summed E-state index contributed by atoms with van der Waals surface area (Å²) in [7, 11) is 0. The van der Waals surface area contributed by atoms with Crippen LogP contribution in [0.3, 0.4) is 0 Å². The van der Waals surface area contributed by atoms with Crippen molar-refractivity contribution in [2.45, 2.75) is 13.0 Å². The van der Waals surface area contributed by atoms with Gasteiger partial charge < -0.3 is 10.1 Å². The molecule has 3 aromatic rings. The zero-order valence-corrected chi connectivity index (χ0v) is 18.7. The Morgan fingerprint density at radius 1 is 0.968 bits per heavy atom. The second kappa shape index (κ2) is 11.3. The number of nitrogens with one attached hydrogen (secondary N) is 2. The normalized spacial score (nSPS) is 10.6. The van der Waals surface area contributed by atoms with Crippen LogP contribution in [0.1, 0.15) is 17.5 Å². The molecule has 3 rings (SSSR count). The molecule has 8 heteroatoms. The summed E-state index contributed by atoms with van der Waals surface area (Å²) in [5.41, 5.74) is 4.61. The first-order valence-electron chi connectivity index (χ1n) is 9.34. The van der Waals surface area contributed by atoms with Crippen LogP contribution < -0.4 is 15.5 Å². The topological polar surface area (TPSA) is 79.8 Å². The van der Waals surface area contributed by atoms with E-state index >= 15 is 0 Å². The van der Waals surface area contributed by atoms with Crippen LogP contribution in [0, 0.1) is 0 Å². The van der Waals surface area contributed by atoms with Gasteiger partial charge >= 0.3 is 0 Å². The molecule has 31 heavy (non-hydrogen) atoms. The van der Waals surface area contributed by atoms with Gasteiger partial charge in [0.2, 0.25) is 11.8 Å². The lowest BCUT2D eigenvalue weighted by Gasteiger charge is -2.08. The monoisotopic (exact) mass is 499 g/mol. The van der Waals surface area contributed by atoms with E-state index in [9.17, 15) is 9.59 Å². The molecule has 2 amide bonds. The van der Waals surface area contributed by atoms with Crippen molar-refractivity contribution in [3.8, 4) is 5.75 Å². The highest BCUT2D eigenvalue weighted by atomic mass is 79.9. The Hall–Kier alpha value is -3.16. The second-order valence-corrected chi connectivity index (χ2v) is 7.71. The Balaban J connectivity index is 1.44. The molecular weight excluding hydrogens is 482 g/mol. The number of hydrazone groups is 1. The van der Waals surface area contributed by atoms with E-state index in [-0.39, 0.29) is 6.42 Å². The number of carbonyl (C=O) groups excluding carboxylic acids is 2. The molecule has 0 unspecified atom stereocenters. The van der Waals surface area contributed by atoms with Gasteiger partial charge in [0.25, 0.3) is 0 Å². The van der Waals surface area contributed by atoms with E-state index in [1.54, 1.807) is 42.5 Å². The van der Waals surface area contributed by atoms with E-state index in [4.69, 9.17) is 16.3 Å². The van der Waals surface area contributed by atoms with Gasteiger partial charge in [-0.3, -0.25) is 9.59 Å². The fourth-order valence-electron chi connectivity index (χ4n) is 2.55. The van der Waals surface area contributed by atoms with Crippen molar-refractivity contribution in [1.82, 2.24) is 5.43 Å². The molecule has 3 aromatic carbocycles. The maximum absolute atomic E-state index is 12.0. The van der Waals surface area contributed by atoms with E-state index in [2.05, 4.69) is 31.8 Å². The average molecular weight is 501 g/mol. The molecule has 0 heterocycles. The number of nitrogens with zero attached hydrogens (tertiary/aromatic N) is 1. The molecule has 158 valence electrons. The fourth-order valence-corrected chi connectivity index (χ4v) is 3.12. The lowest BCUT2D eigenvalue weighted by atomic mass is 10.2. The van der Waals surface area contributed by atoms with Gasteiger partial charge in [0, 0.05) is 15.1 Å². The van der Waals surface area contributed by atoms with Crippen molar-refractivity contribution < 1.29 is 14.3 Å². The number of hydrogen-bond donors (Lipinski definition) is 2. The van der Waals surface area contributed by atoms with Gasteiger partial charge in [-0.05, 0) is 64.0 Å². The number of para-hydroxylation sites is 1. The summed E-state index contributed by atoms with van der Waals surface area (Å²) in [5, 5.41) is 7.20. The van der Waals surface area contributed by atoms with E-state index in [0.717, 1.165) is 15.6 Å². The van der Waals surface area contributed by atoms with Crippen molar-refractivity contribution in [3.05, 3.63) is 93.4 Å². The van der Waals surface area contributed by atoms with Crippen LogP contribution >= 0.6 is 27.5 Å². The molecule has 2 N–H and O–H groups in total. The van der Waals surface area contributed by atoms with Gasteiger partial charge in [-0.1, -0.05) is 41.9 Å². The molecule has 0 saturated heterocycles. The molecule has 0 aliphatic carbocycles. The summed E-state index contributed by atoms with van der Waals surface area (Å²) in [6.45, 7) is 0.366. The molecular formula is C23H19BrClN3O3. The summed E-state index contributed by atoms with van der Waals surface area (Å²) < 4.78 is 6.46. The van der Waals surface area contributed by atoms with Gasteiger partial charge in [-0.25, -0.2) is 5.43 Å². The number of hydrogen-bond acceptors (Lipinski definition) is 4. The predicted octanol–water partition coefficient (Wildman–Crippen LogP) is 5.16. The van der Waals surface area contributed by atoms with Crippen LogP contribution in [-0.2, 0) is 16.2 Å². The van der Waals surface area contributed by atoms with Crippen molar-refractivity contribution >= 4 is 51.2 Å². The van der Waals surface area contributed by atoms with Gasteiger partial charge in [-0.15, -0.1) is 0 Å². The zero-order chi connectivity index (χ0) is 22.1. The molecule has 0 aliphatic heterocycles. The molecule has 0 saturated carbocycles. The maximum atomic E-state index is 12.0. The zero-order valence-electron chi connectivity index (χ0n) is 16.3. The van der Waals surface area contributed by atoms with Crippen molar-refractivity contribution in [3.63, 3.8) is 0 Å². The van der Waals surface area contributed by atoms with Crippen molar-refractivity contribution in [2.75, 3.05) is 5.32 Å². The molecule has 6 nitrogen and oxygen atoms in total. The first kappa shape index (κ1) is 22.5. The highest BCUT2D eigenvalue weighted by Crippen LogP contribution is 2.21. The van der Waals surface area contributed by atoms with E-state index in [0.29, 0.717) is 23.1 Å². The van der Waals surface area contributed by atoms with Gasteiger partial charge in [0.1, 0.15) is 18.8 Å². The van der Waals surface area contributed by atoms with Crippen molar-refractivity contribution in [2.24, 2.45) is 5.10 Å². The number of ether oxygens (including phenoxy) is 1. The highest BCUT2D eigenvalue weighted by Gasteiger charge is 2.10. The minimum absolute atomic E-state index is 0.340. The molecule has 0 bridgehead atoms. The molecule has 0 aliphatic rings. The molecule has 0 spiro atoms. The largest absolute Gasteiger partial charge is 0.489 e. The Labute approximate surface area is 193 Å². The quantitative estimate of drug-likeness (QED) is 0.255. The number of anilines is 1. The Morgan fingerprint density at radius 2 is 1.68 bits per heavy atom. The molecule has 0 fully saturated rings. The summed E-state index contributed by atoms with van der Waals surface area (Å²) >= 11 is 9.45. The first-order valence-corrected chi connectivity index (χ1v) is 10.5. The van der Waals surface area contributed by atoms with E-state index in [1.807, 2.05) is 30.3 Å². The standard InChI is InChI=1S/C23H19BrClN3O3/c24-19-6-2-4-8-21(19)27-22(29)13-23(30)28-26-14-16-9-11-18(12-10-16)31-15-17-5-1-3-7-20(17)25/h1-12,14H,13,15H2,(H,27,29)(H,28,30). The second-order valence-electron chi connectivity index (χ2n) is 6.45. The minimum Gasteiger partial charge on any atom is -0.489 e. The smallest absolute Gasteiger partial charge is 0.249 e. The number of halogens is 2. The maximum Gasteiger partial charge on any atom is 0.249 e. The Morgan fingerprint density at radius 3 is 2.42 bits per heavy atom. The fraction of sp³-hybridized carbons (Fsp3) is 0.0870. The van der Waals surface area contributed by atoms with Crippen LogP contribution in [0.25, 0.3) is 0 Å². The molecule has 0 radical (unpaired) electrons. The predicted molar refractivity (Wildman–Crippen MR) is 125 cm³/mol. The lowest BCUT2D eigenvalue weighted by Crippen LogP contribution is -2.24. The van der Waals surface area contributed by atoms with Crippen LogP contribution in [0.15, 0.2) is 82.4 Å². The summed E-state index contributed by atoms with van der Waals surface area (Å²) in [6, 6.07) is 21.9. The average Bonchev–Trinajstić information content (AvgIpc) is 2.76. The SMILES string of the molecule is O=C(CC(=O)Nc1ccccc1Br)NN=Cc1ccc(OCc2ccccc2Cl)cc1. The lowest BCUT2D eigenvalue weighted by molar-refractivity contribution is -0.126. The van der Waals surface area contributed by atoms with Crippen molar-refractivity contribution in [1.29, 1.82) is 0 Å². The Kier molecular flexibility index (Phi) is 8.20. The number of carbonyl (C=O) groups is 2. The van der Waals surface area contributed by atoms with Gasteiger partial charge in [0.05, 0.1) is 11.9 Å². The third-order valence-electron chi connectivity index (χ3n) is 4.10. The summed E-state index contributed by atoms with van der Waals surface area (Å²) in [4.78, 5) is 23.9. The minimum atomic E-state index is -0.513. The van der Waals surface area contributed by atoms with Crippen LogP contribution in [0.2, 0.25) is 5.02 Å². The summed E-state index contributed by atoms with van der Waals surface area (Å²) in [6.07, 6.45) is 1.15. The number of rotatable bonds is 8. The van der Waals surface area contributed by atoms with Gasteiger partial charge in [0.15, 0.2) is 0 Å². The molecule has 0 atom stereocenters. The number of benzene rings is 3. The van der Waals surface area contributed by atoms with Crippen LogP contribution in [-0.4, -0.2) is 18.0 Å².